The van der Waals surface area contributed by atoms with Gasteiger partial charge in [-0.15, -0.1) is 0 Å². The lowest BCUT2D eigenvalue weighted by Crippen LogP contribution is -2.47. The zero-order valence-corrected chi connectivity index (χ0v) is 12.9. The van der Waals surface area contributed by atoms with E-state index in [0.29, 0.717) is 0 Å². The van der Waals surface area contributed by atoms with Crippen molar-refractivity contribution in [3.8, 4) is 0 Å². The molecule has 0 atom stereocenters. The van der Waals surface area contributed by atoms with Gasteiger partial charge in [-0.05, 0) is 51.8 Å². The van der Waals surface area contributed by atoms with Crippen molar-refractivity contribution >= 4 is 36.6 Å². The largest absolute Gasteiger partial charge is 0.257 e. The molecule has 1 fully saturated rings. The van der Waals surface area contributed by atoms with Crippen molar-refractivity contribution in [1.82, 2.24) is 18.2 Å². The van der Waals surface area contributed by atoms with Gasteiger partial charge >= 0.3 is 0 Å². The van der Waals surface area contributed by atoms with Crippen LogP contribution < -0.4 is 0 Å². The molecule has 0 amide bonds. The molecular formula is C6H18N4P2S2. The van der Waals surface area contributed by atoms with Crippen LogP contribution in [-0.2, 0) is 23.6 Å². The van der Waals surface area contributed by atoms with Crippen LogP contribution in [0.2, 0.25) is 0 Å². The van der Waals surface area contributed by atoms with Crippen LogP contribution in [0.15, 0.2) is 0 Å². The molecule has 14 heavy (non-hydrogen) atoms. The number of rotatable bonds is 2. The quantitative estimate of drug-likeness (QED) is 0.700. The molecule has 1 saturated heterocycles. The van der Waals surface area contributed by atoms with E-state index in [4.69, 9.17) is 23.6 Å². The SMILES string of the molecule is CN(C)P1(=S)N(C)P(=S)(N(C)C)N1C. The minimum absolute atomic E-state index is 1.69. The third-order valence-corrected chi connectivity index (χ3v) is 17.0. The molecule has 1 aliphatic heterocycles. The highest BCUT2D eigenvalue weighted by Crippen LogP contribution is 2.85. The Morgan fingerprint density at radius 1 is 0.786 bits per heavy atom. The molecule has 0 saturated carbocycles. The summed E-state index contributed by atoms with van der Waals surface area (Å²) in [4.78, 5) is 0. The van der Waals surface area contributed by atoms with E-state index >= 15 is 0 Å². The average Bonchev–Trinajstić information content (AvgIpc) is 2.12. The first-order valence-electron chi connectivity index (χ1n) is 4.25. The Balaban J connectivity index is 3.08. The third kappa shape index (κ3) is 1.40. The van der Waals surface area contributed by atoms with E-state index in [-0.39, 0.29) is 0 Å². The molecule has 0 N–H and O–H groups in total. The van der Waals surface area contributed by atoms with E-state index in [1.807, 2.05) is 28.2 Å². The maximum absolute atomic E-state index is 5.69. The maximum Gasteiger partial charge on any atom is 0.156 e. The van der Waals surface area contributed by atoms with Gasteiger partial charge < -0.3 is 0 Å². The normalized spacial score (nSPS) is 40.6. The highest BCUT2D eigenvalue weighted by atomic mass is 32.5. The zero-order chi connectivity index (χ0) is 11.3. The number of hydrogen-bond acceptors (Lipinski definition) is 2. The summed E-state index contributed by atoms with van der Waals surface area (Å²) < 4.78 is 8.70. The molecule has 0 bridgehead atoms. The summed E-state index contributed by atoms with van der Waals surface area (Å²) in [5.74, 6) is 0. The van der Waals surface area contributed by atoms with Crippen LogP contribution in [0.5, 0.6) is 0 Å². The minimum atomic E-state index is -1.69. The van der Waals surface area contributed by atoms with Gasteiger partial charge in [-0.1, -0.05) is 0 Å². The fourth-order valence-electron chi connectivity index (χ4n) is 1.68. The van der Waals surface area contributed by atoms with E-state index in [2.05, 4.69) is 32.3 Å². The highest BCUT2D eigenvalue weighted by Gasteiger charge is 2.55. The summed E-state index contributed by atoms with van der Waals surface area (Å²) in [7, 11) is 12.2. The Hall–Kier alpha value is 1.14. The van der Waals surface area contributed by atoms with Crippen LogP contribution >= 0.6 is 13.0 Å². The van der Waals surface area contributed by atoms with Crippen molar-refractivity contribution in [2.75, 3.05) is 42.3 Å². The molecule has 0 aromatic rings. The van der Waals surface area contributed by atoms with Crippen molar-refractivity contribution in [2.45, 2.75) is 0 Å². The van der Waals surface area contributed by atoms with Crippen molar-refractivity contribution in [2.24, 2.45) is 0 Å². The Morgan fingerprint density at radius 2 is 1.00 bits per heavy atom. The molecule has 0 aliphatic carbocycles. The van der Waals surface area contributed by atoms with Gasteiger partial charge in [0, 0.05) is 14.1 Å². The standard InChI is InChI=1S/C6H18N4P2S2/c1-7(2)11(13)9(5)12(14,8(3)4)10(11)6/h1-6H3. The fraction of sp³-hybridized carbons (Fsp3) is 1.00. The Bertz CT molecular complexity index is 282. The second-order valence-corrected chi connectivity index (χ2v) is 13.3. The third-order valence-electron chi connectivity index (χ3n) is 2.55. The summed E-state index contributed by atoms with van der Waals surface area (Å²) in [6, 6.07) is 0. The average molecular weight is 272 g/mol. The van der Waals surface area contributed by atoms with Gasteiger partial charge in [-0.2, -0.15) is 0 Å². The van der Waals surface area contributed by atoms with Gasteiger partial charge in [0.25, 0.3) is 0 Å². The first kappa shape index (κ1) is 13.2. The van der Waals surface area contributed by atoms with Gasteiger partial charge in [0.05, 0.1) is 0 Å². The predicted octanol–water partition coefficient (Wildman–Crippen LogP) is 1.44. The number of hydrogen-bond donors (Lipinski definition) is 0. The van der Waals surface area contributed by atoms with E-state index < -0.39 is 13.0 Å². The van der Waals surface area contributed by atoms with Crippen LogP contribution in [0, 0.1) is 0 Å². The molecular weight excluding hydrogens is 254 g/mol. The first-order chi connectivity index (χ1) is 6.20. The van der Waals surface area contributed by atoms with Gasteiger partial charge in [-0.3, -0.25) is 9.34 Å². The summed E-state index contributed by atoms with van der Waals surface area (Å²) >= 11 is 11.4. The van der Waals surface area contributed by atoms with E-state index in [1.165, 1.54) is 0 Å². The molecule has 84 valence electrons. The molecule has 0 aromatic heterocycles. The van der Waals surface area contributed by atoms with Crippen LogP contribution in [0.3, 0.4) is 0 Å². The van der Waals surface area contributed by atoms with Crippen molar-refractivity contribution in [3.63, 3.8) is 0 Å². The first-order valence-corrected chi connectivity index (χ1v) is 9.57. The van der Waals surface area contributed by atoms with Gasteiger partial charge in [0.15, 0.2) is 13.0 Å². The minimum Gasteiger partial charge on any atom is -0.257 e. The second kappa shape index (κ2) is 3.86. The van der Waals surface area contributed by atoms with Crippen molar-refractivity contribution in [1.29, 1.82) is 0 Å². The molecule has 0 spiro atoms. The lowest BCUT2D eigenvalue weighted by atomic mass is 11.3. The molecule has 0 radical (unpaired) electrons. The predicted molar refractivity (Wildman–Crippen MR) is 71.5 cm³/mol. The van der Waals surface area contributed by atoms with E-state index in [1.54, 1.807) is 0 Å². The maximum atomic E-state index is 5.69. The van der Waals surface area contributed by atoms with Gasteiger partial charge in [-0.25, -0.2) is 8.88 Å². The van der Waals surface area contributed by atoms with Crippen LogP contribution in [0.25, 0.3) is 0 Å². The molecule has 0 aromatic carbocycles. The topological polar surface area (TPSA) is 13.0 Å². The Kier molecular flexibility index (Phi) is 3.64. The Labute approximate surface area is 97.2 Å². The monoisotopic (exact) mass is 272 g/mol. The second-order valence-electron chi connectivity index (χ2n) is 3.70. The Morgan fingerprint density at radius 3 is 1.14 bits per heavy atom. The highest BCUT2D eigenvalue weighted by molar-refractivity contribution is 8.28. The van der Waals surface area contributed by atoms with Crippen molar-refractivity contribution < 1.29 is 0 Å². The summed E-state index contributed by atoms with van der Waals surface area (Å²) in [5.41, 5.74) is 0. The summed E-state index contributed by atoms with van der Waals surface area (Å²) in [6.45, 7) is -3.37. The summed E-state index contributed by atoms with van der Waals surface area (Å²) in [6.07, 6.45) is 0. The van der Waals surface area contributed by atoms with Crippen molar-refractivity contribution in [3.05, 3.63) is 0 Å². The summed E-state index contributed by atoms with van der Waals surface area (Å²) in [5, 5.41) is 0. The number of nitrogens with zero attached hydrogens (tertiary/aromatic N) is 4. The zero-order valence-electron chi connectivity index (χ0n) is 9.50. The van der Waals surface area contributed by atoms with Gasteiger partial charge in [0.1, 0.15) is 0 Å². The molecule has 0 unspecified atom stereocenters. The van der Waals surface area contributed by atoms with E-state index in [9.17, 15) is 0 Å². The van der Waals surface area contributed by atoms with Crippen LogP contribution in [-0.4, -0.2) is 60.5 Å². The molecule has 1 heterocycles. The van der Waals surface area contributed by atoms with Crippen LogP contribution in [0.1, 0.15) is 0 Å². The lowest BCUT2D eigenvalue weighted by molar-refractivity contribution is 0.475. The molecule has 1 aliphatic rings. The van der Waals surface area contributed by atoms with Crippen LogP contribution in [0.4, 0.5) is 0 Å². The smallest absolute Gasteiger partial charge is 0.156 e. The lowest BCUT2D eigenvalue weighted by Gasteiger charge is -2.62. The fourth-order valence-corrected chi connectivity index (χ4v) is 14.3. The molecule has 8 heteroatoms. The van der Waals surface area contributed by atoms with Gasteiger partial charge in [0.2, 0.25) is 0 Å². The van der Waals surface area contributed by atoms with E-state index in [0.717, 1.165) is 0 Å². The molecule has 1 rings (SSSR count). The molecule has 4 nitrogen and oxygen atoms in total.